The summed E-state index contributed by atoms with van der Waals surface area (Å²) in [6.07, 6.45) is 0. The minimum absolute atomic E-state index is 0.286. The molecule has 144 valence electrons. The van der Waals surface area contributed by atoms with Crippen LogP contribution < -0.4 is 0 Å². The van der Waals surface area contributed by atoms with Crippen molar-refractivity contribution in [1.82, 2.24) is 0 Å². The lowest BCUT2D eigenvalue weighted by atomic mass is 9.65. The smallest absolute Gasteiger partial charge is 0.123 e. The van der Waals surface area contributed by atoms with Crippen molar-refractivity contribution in [2.45, 2.75) is 5.41 Å². The molecule has 0 aliphatic heterocycles. The van der Waals surface area contributed by atoms with E-state index in [1.165, 1.54) is 12.1 Å². The molecule has 0 aromatic heterocycles. The molecule has 0 radical (unpaired) electrons. The van der Waals surface area contributed by atoms with Crippen LogP contribution in [0.1, 0.15) is 22.3 Å². The molecule has 4 rings (SSSR count). The third-order valence-corrected chi connectivity index (χ3v) is 5.86. The van der Waals surface area contributed by atoms with Crippen LogP contribution in [0, 0.1) is 5.82 Å². The van der Waals surface area contributed by atoms with Gasteiger partial charge in [-0.05, 0) is 70.8 Å². The second-order valence-electron chi connectivity index (χ2n) is 6.78. The lowest BCUT2D eigenvalue weighted by molar-refractivity contribution is 0.624. The summed E-state index contributed by atoms with van der Waals surface area (Å²) in [4.78, 5) is 0. The van der Waals surface area contributed by atoms with Crippen molar-refractivity contribution in [2.75, 3.05) is 0 Å². The van der Waals surface area contributed by atoms with Gasteiger partial charge in [-0.3, -0.25) is 0 Å². The Morgan fingerprint density at radius 1 is 0.414 bits per heavy atom. The van der Waals surface area contributed by atoms with Crippen LogP contribution in [0.15, 0.2) is 97.1 Å². The van der Waals surface area contributed by atoms with Gasteiger partial charge in [0, 0.05) is 15.1 Å². The number of rotatable bonds is 4. The number of benzene rings is 4. The molecule has 4 heteroatoms. The molecule has 0 aliphatic carbocycles. The molecule has 0 unspecified atom stereocenters. The van der Waals surface area contributed by atoms with Crippen molar-refractivity contribution in [1.29, 1.82) is 0 Å². The van der Waals surface area contributed by atoms with Crippen LogP contribution >= 0.6 is 34.8 Å². The highest BCUT2D eigenvalue weighted by Crippen LogP contribution is 2.45. The van der Waals surface area contributed by atoms with Crippen molar-refractivity contribution in [3.63, 3.8) is 0 Å². The lowest BCUT2D eigenvalue weighted by Crippen LogP contribution is -2.31. The molecule has 0 saturated heterocycles. The summed E-state index contributed by atoms with van der Waals surface area (Å²) in [6.45, 7) is 0. The SMILES string of the molecule is Fc1ccc(C(c2ccc(Cl)cc2)(c2ccc(Cl)cc2)c2ccc(Cl)cc2)cc1. The number of hydrogen-bond acceptors (Lipinski definition) is 0. The molecule has 0 spiro atoms. The summed E-state index contributed by atoms with van der Waals surface area (Å²) in [7, 11) is 0. The van der Waals surface area contributed by atoms with E-state index >= 15 is 0 Å². The monoisotopic (exact) mass is 440 g/mol. The first kappa shape index (κ1) is 20.0. The summed E-state index contributed by atoms with van der Waals surface area (Å²) in [5.41, 5.74) is 3.22. The van der Waals surface area contributed by atoms with E-state index in [-0.39, 0.29) is 5.82 Å². The Kier molecular flexibility index (Phi) is 5.65. The van der Waals surface area contributed by atoms with Gasteiger partial charge in [0.05, 0.1) is 5.41 Å². The van der Waals surface area contributed by atoms with Gasteiger partial charge in [0.2, 0.25) is 0 Å². The van der Waals surface area contributed by atoms with Crippen LogP contribution in [-0.2, 0) is 5.41 Å². The van der Waals surface area contributed by atoms with Gasteiger partial charge in [-0.1, -0.05) is 83.3 Å². The Morgan fingerprint density at radius 3 is 0.931 bits per heavy atom. The quantitative estimate of drug-likeness (QED) is 0.280. The Bertz CT molecular complexity index is 913. The van der Waals surface area contributed by atoms with Gasteiger partial charge in [0.15, 0.2) is 0 Å². The number of hydrogen-bond donors (Lipinski definition) is 0. The molecule has 0 nitrogen and oxygen atoms in total. The summed E-state index contributed by atoms with van der Waals surface area (Å²) in [5, 5.41) is 1.94. The van der Waals surface area contributed by atoms with Crippen LogP contribution in [0.4, 0.5) is 4.39 Å². The van der Waals surface area contributed by atoms with Crippen molar-refractivity contribution >= 4 is 34.8 Å². The average Bonchev–Trinajstić information content (AvgIpc) is 2.73. The van der Waals surface area contributed by atoms with E-state index in [0.717, 1.165) is 22.3 Å². The Morgan fingerprint density at radius 2 is 0.655 bits per heavy atom. The van der Waals surface area contributed by atoms with Crippen LogP contribution in [0.3, 0.4) is 0 Å². The molecule has 0 amide bonds. The van der Waals surface area contributed by atoms with E-state index in [1.807, 2.05) is 84.9 Å². The Hall–Kier alpha value is -2.32. The molecule has 0 saturated carbocycles. The fraction of sp³-hybridized carbons (Fsp3) is 0.0400. The molecule has 0 N–H and O–H groups in total. The first-order valence-corrected chi connectivity index (χ1v) is 10.2. The first-order chi connectivity index (χ1) is 14.0. The minimum atomic E-state index is -0.701. The van der Waals surface area contributed by atoms with Crippen LogP contribution in [0.25, 0.3) is 0 Å². The van der Waals surface area contributed by atoms with Gasteiger partial charge in [-0.25, -0.2) is 4.39 Å². The van der Waals surface area contributed by atoms with Crippen LogP contribution in [0.2, 0.25) is 15.1 Å². The average molecular weight is 442 g/mol. The predicted octanol–water partition coefficient (Wildman–Crippen LogP) is 8.17. The minimum Gasteiger partial charge on any atom is -0.207 e. The van der Waals surface area contributed by atoms with Gasteiger partial charge in [0.1, 0.15) is 5.82 Å². The van der Waals surface area contributed by atoms with Gasteiger partial charge >= 0.3 is 0 Å². The van der Waals surface area contributed by atoms with E-state index in [4.69, 9.17) is 34.8 Å². The van der Waals surface area contributed by atoms with Crippen molar-refractivity contribution in [3.05, 3.63) is 140 Å². The second kappa shape index (κ2) is 8.20. The van der Waals surface area contributed by atoms with Gasteiger partial charge in [-0.15, -0.1) is 0 Å². The van der Waals surface area contributed by atoms with E-state index in [2.05, 4.69) is 0 Å². The molecular weight excluding hydrogens is 426 g/mol. The standard InChI is InChI=1S/C25H16Cl3F/c26-21-9-1-17(2-10-21)25(18-3-11-22(27)12-4-18,19-5-13-23(28)14-6-19)20-7-15-24(29)16-8-20/h1-16H. The van der Waals surface area contributed by atoms with Crippen molar-refractivity contribution in [2.24, 2.45) is 0 Å². The fourth-order valence-electron chi connectivity index (χ4n) is 3.80. The highest BCUT2D eigenvalue weighted by molar-refractivity contribution is 6.31. The van der Waals surface area contributed by atoms with Gasteiger partial charge in [-0.2, -0.15) is 0 Å². The van der Waals surface area contributed by atoms with Crippen molar-refractivity contribution < 1.29 is 4.39 Å². The van der Waals surface area contributed by atoms with E-state index in [1.54, 1.807) is 0 Å². The summed E-state index contributed by atoms with van der Waals surface area (Å²) < 4.78 is 13.8. The summed E-state index contributed by atoms with van der Waals surface area (Å²) in [5.74, 6) is -0.286. The summed E-state index contributed by atoms with van der Waals surface area (Å²) >= 11 is 18.5. The molecular formula is C25H16Cl3F. The van der Waals surface area contributed by atoms with Gasteiger partial charge in [0.25, 0.3) is 0 Å². The van der Waals surface area contributed by atoms with E-state index in [9.17, 15) is 4.39 Å². The zero-order valence-corrected chi connectivity index (χ0v) is 17.5. The maximum Gasteiger partial charge on any atom is 0.123 e. The Balaban J connectivity index is 2.11. The molecule has 0 aliphatic rings. The lowest BCUT2D eigenvalue weighted by Gasteiger charge is -2.37. The maximum absolute atomic E-state index is 13.8. The van der Waals surface area contributed by atoms with E-state index in [0.29, 0.717) is 15.1 Å². The van der Waals surface area contributed by atoms with Crippen LogP contribution in [-0.4, -0.2) is 0 Å². The highest BCUT2D eigenvalue weighted by Gasteiger charge is 2.38. The molecule has 0 atom stereocenters. The van der Waals surface area contributed by atoms with Crippen LogP contribution in [0.5, 0.6) is 0 Å². The second-order valence-corrected chi connectivity index (χ2v) is 8.09. The maximum atomic E-state index is 13.8. The zero-order valence-electron chi connectivity index (χ0n) is 15.2. The molecule has 4 aromatic rings. The van der Waals surface area contributed by atoms with Crippen molar-refractivity contribution in [3.8, 4) is 0 Å². The zero-order chi connectivity index (χ0) is 20.4. The molecule has 0 heterocycles. The molecule has 4 aromatic carbocycles. The summed E-state index contributed by atoms with van der Waals surface area (Å²) in [6, 6.07) is 29.7. The molecule has 29 heavy (non-hydrogen) atoms. The predicted molar refractivity (Wildman–Crippen MR) is 120 cm³/mol. The fourth-order valence-corrected chi connectivity index (χ4v) is 4.18. The van der Waals surface area contributed by atoms with E-state index < -0.39 is 5.41 Å². The van der Waals surface area contributed by atoms with Gasteiger partial charge < -0.3 is 0 Å². The molecule has 0 bridgehead atoms. The normalized spacial score (nSPS) is 11.4. The third kappa shape index (κ3) is 3.79. The third-order valence-electron chi connectivity index (χ3n) is 5.11. The molecule has 0 fully saturated rings. The topological polar surface area (TPSA) is 0 Å². The number of halogens is 4. The largest absolute Gasteiger partial charge is 0.207 e. The highest BCUT2D eigenvalue weighted by atomic mass is 35.5. The Labute approximate surface area is 184 Å². The first-order valence-electron chi connectivity index (χ1n) is 9.04.